The van der Waals surface area contributed by atoms with Gasteiger partial charge in [-0.15, -0.1) is 0 Å². The van der Waals surface area contributed by atoms with Crippen molar-refractivity contribution in [3.63, 3.8) is 0 Å². The maximum absolute atomic E-state index is 5.86. The van der Waals surface area contributed by atoms with E-state index in [9.17, 15) is 0 Å². The molecule has 0 N–H and O–H groups in total. The van der Waals surface area contributed by atoms with Crippen molar-refractivity contribution < 1.29 is 4.74 Å². The molecule has 1 aromatic carbocycles. The van der Waals surface area contributed by atoms with Crippen LogP contribution in [0.1, 0.15) is 37.3 Å². The van der Waals surface area contributed by atoms with Gasteiger partial charge >= 0.3 is 0 Å². The van der Waals surface area contributed by atoms with Gasteiger partial charge in [-0.05, 0) is 31.2 Å². The minimum Gasteiger partial charge on any atom is -0.363 e. The number of rotatable bonds is 1. The van der Waals surface area contributed by atoms with E-state index in [1.54, 1.807) is 0 Å². The summed E-state index contributed by atoms with van der Waals surface area (Å²) >= 11 is 0. The topological polar surface area (TPSA) is 12.5 Å². The van der Waals surface area contributed by atoms with E-state index in [2.05, 4.69) is 35.2 Å². The molecular formula is C14H19NO. The summed E-state index contributed by atoms with van der Waals surface area (Å²) in [6.07, 6.45) is 5.38. The van der Waals surface area contributed by atoms with Gasteiger partial charge in [-0.25, -0.2) is 0 Å². The van der Waals surface area contributed by atoms with Crippen LogP contribution in [0, 0.1) is 0 Å². The molecule has 2 heterocycles. The fourth-order valence-corrected chi connectivity index (χ4v) is 2.97. The Morgan fingerprint density at radius 3 is 2.81 bits per heavy atom. The Bertz CT molecular complexity index is 336. The first-order valence-electron chi connectivity index (χ1n) is 6.37. The summed E-state index contributed by atoms with van der Waals surface area (Å²) in [5.74, 6) is 0. The summed E-state index contributed by atoms with van der Waals surface area (Å²) < 4.78 is 5.86. The van der Waals surface area contributed by atoms with Crippen molar-refractivity contribution in [1.82, 2.24) is 4.90 Å². The van der Waals surface area contributed by atoms with Gasteiger partial charge in [-0.3, -0.25) is 4.90 Å². The SMILES string of the molecule is c1ccc([C@@H]2CCO[C@@H]3CCCCN32)cc1. The van der Waals surface area contributed by atoms with Crippen molar-refractivity contribution in [3.8, 4) is 0 Å². The highest BCUT2D eigenvalue weighted by atomic mass is 16.5. The Kier molecular flexibility index (Phi) is 2.94. The van der Waals surface area contributed by atoms with Crippen LogP contribution in [-0.4, -0.2) is 24.3 Å². The van der Waals surface area contributed by atoms with E-state index in [0.29, 0.717) is 12.3 Å². The number of fused-ring (bicyclic) bond motifs is 1. The van der Waals surface area contributed by atoms with Crippen LogP contribution in [0.15, 0.2) is 30.3 Å². The van der Waals surface area contributed by atoms with Crippen molar-refractivity contribution in [2.24, 2.45) is 0 Å². The van der Waals surface area contributed by atoms with Crippen LogP contribution in [0.4, 0.5) is 0 Å². The molecule has 86 valence electrons. The largest absolute Gasteiger partial charge is 0.363 e. The third-order valence-corrected chi connectivity index (χ3v) is 3.77. The number of ether oxygens (including phenoxy) is 1. The Labute approximate surface area is 97.2 Å². The van der Waals surface area contributed by atoms with Crippen LogP contribution in [-0.2, 0) is 4.74 Å². The molecule has 2 fully saturated rings. The van der Waals surface area contributed by atoms with E-state index < -0.39 is 0 Å². The Hall–Kier alpha value is -0.860. The van der Waals surface area contributed by atoms with E-state index in [0.717, 1.165) is 13.0 Å². The van der Waals surface area contributed by atoms with Crippen molar-refractivity contribution in [2.75, 3.05) is 13.2 Å². The lowest BCUT2D eigenvalue weighted by Crippen LogP contribution is -2.47. The molecule has 2 aliphatic heterocycles. The second-order valence-electron chi connectivity index (χ2n) is 4.77. The van der Waals surface area contributed by atoms with Crippen LogP contribution < -0.4 is 0 Å². The first-order valence-corrected chi connectivity index (χ1v) is 6.37. The summed E-state index contributed by atoms with van der Waals surface area (Å²) in [4.78, 5) is 2.56. The lowest BCUT2D eigenvalue weighted by molar-refractivity contribution is -0.140. The van der Waals surface area contributed by atoms with Gasteiger partial charge in [0.05, 0.1) is 6.61 Å². The van der Waals surface area contributed by atoms with E-state index in [1.165, 1.54) is 31.4 Å². The van der Waals surface area contributed by atoms with Crippen molar-refractivity contribution in [2.45, 2.75) is 38.0 Å². The minimum atomic E-state index is 0.382. The molecule has 16 heavy (non-hydrogen) atoms. The van der Waals surface area contributed by atoms with Crippen molar-refractivity contribution in [1.29, 1.82) is 0 Å². The van der Waals surface area contributed by atoms with Gasteiger partial charge in [0.1, 0.15) is 6.23 Å². The number of nitrogens with zero attached hydrogens (tertiary/aromatic N) is 1. The van der Waals surface area contributed by atoms with E-state index in [4.69, 9.17) is 4.74 Å². The molecule has 0 spiro atoms. The van der Waals surface area contributed by atoms with Gasteiger partial charge in [0.15, 0.2) is 0 Å². The zero-order valence-corrected chi connectivity index (χ0v) is 9.64. The highest BCUT2D eigenvalue weighted by Crippen LogP contribution is 2.34. The molecule has 2 heteroatoms. The molecule has 2 aliphatic rings. The fourth-order valence-electron chi connectivity index (χ4n) is 2.97. The predicted molar refractivity (Wildman–Crippen MR) is 64.1 cm³/mol. The molecular weight excluding hydrogens is 198 g/mol. The summed E-state index contributed by atoms with van der Waals surface area (Å²) in [6, 6.07) is 11.5. The zero-order chi connectivity index (χ0) is 10.8. The van der Waals surface area contributed by atoms with Gasteiger partial charge < -0.3 is 4.74 Å². The summed E-state index contributed by atoms with van der Waals surface area (Å²) in [7, 11) is 0. The van der Waals surface area contributed by atoms with Crippen LogP contribution in [0.3, 0.4) is 0 Å². The van der Waals surface area contributed by atoms with Crippen LogP contribution in [0.2, 0.25) is 0 Å². The smallest absolute Gasteiger partial charge is 0.111 e. The maximum atomic E-state index is 5.86. The molecule has 2 nitrogen and oxygen atoms in total. The van der Waals surface area contributed by atoms with Gasteiger partial charge in [0, 0.05) is 12.6 Å². The molecule has 0 unspecified atom stereocenters. The molecule has 0 aromatic heterocycles. The quantitative estimate of drug-likeness (QED) is 0.717. The summed E-state index contributed by atoms with van der Waals surface area (Å²) in [5, 5.41) is 0. The average molecular weight is 217 g/mol. The highest BCUT2D eigenvalue weighted by Gasteiger charge is 2.33. The summed E-state index contributed by atoms with van der Waals surface area (Å²) in [6.45, 7) is 2.12. The number of benzene rings is 1. The molecule has 0 bridgehead atoms. The third-order valence-electron chi connectivity index (χ3n) is 3.77. The average Bonchev–Trinajstić information content (AvgIpc) is 2.39. The Morgan fingerprint density at radius 2 is 1.94 bits per heavy atom. The first kappa shape index (κ1) is 10.3. The number of piperidine rings is 1. The number of hydrogen-bond acceptors (Lipinski definition) is 2. The van der Waals surface area contributed by atoms with E-state index in [-0.39, 0.29) is 0 Å². The van der Waals surface area contributed by atoms with Crippen LogP contribution >= 0.6 is 0 Å². The fraction of sp³-hybridized carbons (Fsp3) is 0.571. The molecule has 0 aliphatic carbocycles. The molecule has 1 aromatic rings. The molecule has 0 saturated carbocycles. The molecule has 2 atom stereocenters. The van der Waals surface area contributed by atoms with Gasteiger partial charge in [0.2, 0.25) is 0 Å². The maximum Gasteiger partial charge on any atom is 0.111 e. The zero-order valence-electron chi connectivity index (χ0n) is 9.64. The minimum absolute atomic E-state index is 0.382. The van der Waals surface area contributed by atoms with Crippen LogP contribution in [0.25, 0.3) is 0 Å². The Morgan fingerprint density at radius 1 is 1.06 bits per heavy atom. The standard InChI is InChI=1S/C14H19NO/c1-2-6-12(7-3-1)13-9-11-16-14-8-4-5-10-15(13)14/h1-3,6-7,13-14H,4-5,8-11H2/t13-,14+/m0/s1. The van der Waals surface area contributed by atoms with E-state index >= 15 is 0 Å². The summed E-state index contributed by atoms with van der Waals surface area (Å²) in [5.41, 5.74) is 1.46. The molecule has 0 amide bonds. The molecule has 0 radical (unpaired) electrons. The van der Waals surface area contributed by atoms with Gasteiger partial charge in [0.25, 0.3) is 0 Å². The lowest BCUT2D eigenvalue weighted by atomic mass is 9.97. The van der Waals surface area contributed by atoms with Crippen molar-refractivity contribution >= 4 is 0 Å². The molecule has 3 rings (SSSR count). The van der Waals surface area contributed by atoms with Crippen molar-refractivity contribution in [3.05, 3.63) is 35.9 Å². The van der Waals surface area contributed by atoms with Gasteiger partial charge in [-0.1, -0.05) is 30.3 Å². The lowest BCUT2D eigenvalue weighted by Gasteiger charge is -2.44. The van der Waals surface area contributed by atoms with Gasteiger partial charge in [-0.2, -0.15) is 0 Å². The van der Waals surface area contributed by atoms with E-state index in [1.807, 2.05) is 0 Å². The second-order valence-corrected chi connectivity index (χ2v) is 4.77. The second kappa shape index (κ2) is 4.56. The highest BCUT2D eigenvalue weighted by molar-refractivity contribution is 5.19. The first-order chi connectivity index (χ1) is 7.95. The third kappa shape index (κ3) is 1.87. The van der Waals surface area contributed by atoms with Crippen LogP contribution in [0.5, 0.6) is 0 Å². The monoisotopic (exact) mass is 217 g/mol. The number of hydrogen-bond donors (Lipinski definition) is 0. The normalized spacial score (nSPS) is 31.0. The Balaban J connectivity index is 1.83. The molecule has 2 saturated heterocycles. The predicted octanol–water partition coefficient (Wildman–Crippen LogP) is 2.96.